The molecule has 0 aliphatic heterocycles. The van der Waals surface area contributed by atoms with Crippen LogP contribution in [0, 0.1) is 12.3 Å². The molecule has 0 atom stereocenters. The van der Waals surface area contributed by atoms with Gasteiger partial charge in [-0.05, 0) is 30.4 Å². The van der Waals surface area contributed by atoms with Gasteiger partial charge in [-0.15, -0.1) is 6.42 Å². The van der Waals surface area contributed by atoms with E-state index in [1.54, 1.807) is 0 Å². The van der Waals surface area contributed by atoms with Gasteiger partial charge < -0.3 is 4.57 Å². The van der Waals surface area contributed by atoms with E-state index in [4.69, 9.17) is 6.42 Å². The molecule has 1 fully saturated rings. The Morgan fingerprint density at radius 3 is 2.67 bits per heavy atom. The third kappa shape index (κ3) is 2.80. The van der Waals surface area contributed by atoms with Crippen LogP contribution in [0.1, 0.15) is 55.2 Å². The molecule has 0 saturated heterocycles. The maximum Gasteiger partial charge on any atom is 0.206 e. The Morgan fingerprint density at radius 1 is 1.12 bits per heavy atom. The molecule has 3 nitrogen and oxygen atoms in total. The molecule has 3 heteroatoms. The number of terminal acetylenes is 1. The molecule has 4 rings (SSSR count). The first kappa shape index (κ1) is 15.0. The van der Waals surface area contributed by atoms with Crippen molar-refractivity contribution in [2.24, 2.45) is 0 Å². The molecule has 0 radical (unpaired) electrons. The molecule has 1 saturated carbocycles. The number of hydrogen-bond acceptors (Lipinski definition) is 2. The summed E-state index contributed by atoms with van der Waals surface area (Å²) in [7, 11) is 0. The minimum atomic E-state index is 0.476. The zero-order valence-corrected chi connectivity index (χ0v) is 13.8. The Bertz CT molecular complexity index is 881. The molecule has 0 N–H and O–H groups in total. The zero-order chi connectivity index (χ0) is 16.4. The standard InChI is InChI=1S/C21H21N3/c1-2-20-22-15-17-14-19(13-16-9-5-3-6-10-16)24(21(17)23-20)18-11-7-4-8-12-18/h1,3,5-6,9-10,14-15,18H,4,7-8,11-13H2. The topological polar surface area (TPSA) is 30.7 Å². The van der Waals surface area contributed by atoms with E-state index in [0.29, 0.717) is 11.9 Å². The lowest BCUT2D eigenvalue weighted by Crippen LogP contribution is -2.16. The van der Waals surface area contributed by atoms with Crippen LogP contribution in [0.2, 0.25) is 0 Å². The van der Waals surface area contributed by atoms with Gasteiger partial charge >= 0.3 is 0 Å². The fraction of sp³-hybridized carbons (Fsp3) is 0.333. The van der Waals surface area contributed by atoms with Gasteiger partial charge in [0.2, 0.25) is 5.82 Å². The van der Waals surface area contributed by atoms with E-state index >= 15 is 0 Å². The minimum Gasteiger partial charge on any atom is -0.326 e. The lowest BCUT2D eigenvalue weighted by molar-refractivity contribution is 0.354. The number of fused-ring (bicyclic) bond motifs is 1. The number of benzene rings is 1. The average molecular weight is 315 g/mol. The Morgan fingerprint density at radius 2 is 1.92 bits per heavy atom. The fourth-order valence-corrected chi connectivity index (χ4v) is 3.82. The molecule has 0 unspecified atom stereocenters. The van der Waals surface area contributed by atoms with Crippen LogP contribution < -0.4 is 0 Å². The summed E-state index contributed by atoms with van der Waals surface area (Å²) in [6.45, 7) is 0. The SMILES string of the molecule is C#Cc1ncc2cc(Cc3ccccc3)n(C3CCCCC3)c2n1. The number of rotatable bonds is 3. The van der Waals surface area contributed by atoms with E-state index in [1.807, 2.05) is 6.20 Å². The van der Waals surface area contributed by atoms with Crippen LogP contribution in [-0.4, -0.2) is 14.5 Å². The quantitative estimate of drug-likeness (QED) is 0.666. The van der Waals surface area contributed by atoms with E-state index in [9.17, 15) is 0 Å². The van der Waals surface area contributed by atoms with Crippen molar-refractivity contribution in [2.45, 2.75) is 44.6 Å². The third-order valence-corrected chi connectivity index (χ3v) is 4.95. The average Bonchev–Trinajstić information content (AvgIpc) is 3.00. The molecule has 0 amide bonds. The number of hydrogen-bond donors (Lipinski definition) is 0. The summed E-state index contributed by atoms with van der Waals surface area (Å²) < 4.78 is 2.43. The molecule has 1 aliphatic carbocycles. The van der Waals surface area contributed by atoms with Crippen molar-refractivity contribution in [1.82, 2.24) is 14.5 Å². The van der Waals surface area contributed by atoms with Gasteiger partial charge in [-0.1, -0.05) is 49.6 Å². The van der Waals surface area contributed by atoms with E-state index in [2.05, 4.69) is 56.9 Å². The summed E-state index contributed by atoms with van der Waals surface area (Å²) in [5.74, 6) is 3.05. The zero-order valence-electron chi connectivity index (χ0n) is 13.8. The molecular weight excluding hydrogens is 294 g/mol. The molecule has 24 heavy (non-hydrogen) atoms. The largest absolute Gasteiger partial charge is 0.326 e. The Labute approximate surface area is 142 Å². The normalized spacial score (nSPS) is 15.5. The van der Waals surface area contributed by atoms with Gasteiger partial charge in [0.05, 0.1) is 0 Å². The monoisotopic (exact) mass is 315 g/mol. The van der Waals surface area contributed by atoms with Gasteiger partial charge in [-0.3, -0.25) is 0 Å². The Balaban J connectivity index is 1.83. The summed E-state index contributed by atoms with van der Waals surface area (Å²) in [5, 5.41) is 1.09. The van der Waals surface area contributed by atoms with Crippen molar-refractivity contribution in [3.63, 3.8) is 0 Å². The van der Waals surface area contributed by atoms with Crippen LogP contribution in [0.25, 0.3) is 11.0 Å². The van der Waals surface area contributed by atoms with E-state index in [-0.39, 0.29) is 0 Å². The van der Waals surface area contributed by atoms with Gasteiger partial charge in [0.1, 0.15) is 5.65 Å². The lowest BCUT2D eigenvalue weighted by Gasteiger charge is -2.26. The van der Waals surface area contributed by atoms with Crippen LogP contribution in [-0.2, 0) is 6.42 Å². The van der Waals surface area contributed by atoms with Gasteiger partial charge in [0.15, 0.2) is 0 Å². The minimum absolute atomic E-state index is 0.476. The molecule has 1 aliphatic rings. The first-order chi connectivity index (χ1) is 11.8. The maximum absolute atomic E-state index is 5.52. The van der Waals surface area contributed by atoms with E-state index in [1.165, 1.54) is 43.4 Å². The summed E-state index contributed by atoms with van der Waals surface area (Å²) >= 11 is 0. The summed E-state index contributed by atoms with van der Waals surface area (Å²) in [4.78, 5) is 8.92. The summed E-state index contributed by atoms with van der Waals surface area (Å²) in [6, 6.07) is 13.4. The highest BCUT2D eigenvalue weighted by molar-refractivity contribution is 5.77. The van der Waals surface area contributed by atoms with Crippen molar-refractivity contribution in [2.75, 3.05) is 0 Å². The molecule has 2 heterocycles. The fourth-order valence-electron chi connectivity index (χ4n) is 3.82. The van der Waals surface area contributed by atoms with Crippen molar-refractivity contribution in [3.05, 3.63) is 59.7 Å². The lowest BCUT2D eigenvalue weighted by atomic mass is 9.95. The van der Waals surface area contributed by atoms with Gasteiger partial charge in [0.25, 0.3) is 0 Å². The van der Waals surface area contributed by atoms with Crippen LogP contribution in [0.3, 0.4) is 0 Å². The molecule has 120 valence electrons. The van der Waals surface area contributed by atoms with Crippen molar-refractivity contribution in [1.29, 1.82) is 0 Å². The van der Waals surface area contributed by atoms with E-state index in [0.717, 1.165) is 17.5 Å². The van der Waals surface area contributed by atoms with Crippen LogP contribution >= 0.6 is 0 Å². The smallest absolute Gasteiger partial charge is 0.206 e. The van der Waals surface area contributed by atoms with Gasteiger partial charge in [-0.25, -0.2) is 9.97 Å². The maximum atomic E-state index is 5.52. The highest BCUT2D eigenvalue weighted by Gasteiger charge is 2.21. The molecular formula is C21H21N3. The summed E-state index contributed by atoms with van der Waals surface area (Å²) in [6.07, 6.45) is 14.7. The Kier molecular flexibility index (Phi) is 4.04. The predicted octanol–water partition coefficient (Wildman–Crippen LogP) is 4.51. The second kappa shape index (κ2) is 6.49. The Hall–Kier alpha value is -2.60. The van der Waals surface area contributed by atoms with E-state index < -0.39 is 0 Å². The molecule has 1 aromatic carbocycles. The number of nitrogens with zero attached hydrogens (tertiary/aromatic N) is 3. The molecule has 3 aromatic rings. The predicted molar refractivity (Wildman–Crippen MR) is 96.8 cm³/mol. The van der Waals surface area contributed by atoms with Crippen molar-refractivity contribution < 1.29 is 0 Å². The molecule has 0 bridgehead atoms. The van der Waals surface area contributed by atoms with Crippen LogP contribution in [0.5, 0.6) is 0 Å². The second-order valence-corrected chi connectivity index (χ2v) is 6.58. The van der Waals surface area contributed by atoms with Crippen molar-refractivity contribution in [3.8, 4) is 12.3 Å². The summed E-state index contributed by atoms with van der Waals surface area (Å²) in [5.41, 5.74) is 3.63. The van der Waals surface area contributed by atoms with Crippen molar-refractivity contribution >= 4 is 11.0 Å². The number of aromatic nitrogens is 3. The highest BCUT2D eigenvalue weighted by atomic mass is 15.1. The highest BCUT2D eigenvalue weighted by Crippen LogP contribution is 2.33. The van der Waals surface area contributed by atoms with Crippen LogP contribution in [0.4, 0.5) is 0 Å². The first-order valence-corrected chi connectivity index (χ1v) is 8.72. The second-order valence-electron chi connectivity index (χ2n) is 6.58. The van der Waals surface area contributed by atoms with Gasteiger partial charge in [0, 0.05) is 29.7 Å². The van der Waals surface area contributed by atoms with Crippen LogP contribution in [0.15, 0.2) is 42.6 Å². The molecule has 0 spiro atoms. The third-order valence-electron chi connectivity index (χ3n) is 4.95. The first-order valence-electron chi connectivity index (χ1n) is 8.72. The van der Waals surface area contributed by atoms with Gasteiger partial charge in [-0.2, -0.15) is 0 Å². The molecule has 2 aromatic heterocycles.